The molecule has 0 bridgehead atoms. The zero-order chi connectivity index (χ0) is 21.1. The van der Waals surface area contributed by atoms with E-state index in [1.807, 2.05) is 21.6 Å². The summed E-state index contributed by atoms with van der Waals surface area (Å²) >= 11 is 1.69. The second-order valence-corrected chi connectivity index (χ2v) is 8.93. The van der Waals surface area contributed by atoms with Gasteiger partial charge in [0.2, 0.25) is 5.91 Å². The van der Waals surface area contributed by atoms with Gasteiger partial charge in [-0.15, -0.1) is 11.8 Å². The average Bonchev–Trinajstić information content (AvgIpc) is 3.10. The summed E-state index contributed by atoms with van der Waals surface area (Å²) in [6.07, 6.45) is 4.22. The van der Waals surface area contributed by atoms with E-state index in [0.29, 0.717) is 18.2 Å². The molecule has 0 atom stereocenters. The van der Waals surface area contributed by atoms with Crippen molar-refractivity contribution in [3.8, 4) is 0 Å². The van der Waals surface area contributed by atoms with Crippen molar-refractivity contribution in [2.45, 2.75) is 37.0 Å². The number of carbonyl (C=O) groups is 1. The number of likely N-dealkylation sites (tertiary alicyclic amines) is 1. The highest BCUT2D eigenvalue weighted by atomic mass is 32.2. The number of hydrogen-bond donors (Lipinski definition) is 0. The van der Waals surface area contributed by atoms with Crippen LogP contribution >= 0.6 is 11.8 Å². The first kappa shape index (κ1) is 20.5. The van der Waals surface area contributed by atoms with Gasteiger partial charge in [0.05, 0.1) is 4.92 Å². The number of piperidine rings is 1. The number of nitro groups is 1. The molecule has 0 unspecified atom stereocenters. The molecule has 3 aromatic rings. The van der Waals surface area contributed by atoms with Crippen molar-refractivity contribution in [1.82, 2.24) is 9.47 Å². The number of carbonyl (C=O) groups excluding carboxylic acids is 1. The molecule has 0 aliphatic carbocycles. The molecule has 30 heavy (non-hydrogen) atoms. The van der Waals surface area contributed by atoms with Crippen LogP contribution in [0.2, 0.25) is 0 Å². The SMILES string of the molecule is CC1CCN(C(=O)Cn2cc(SCc3ccc([N+](=O)[O-])cc3)c3ccccc32)CC1. The predicted molar refractivity (Wildman–Crippen MR) is 120 cm³/mol. The summed E-state index contributed by atoms with van der Waals surface area (Å²) in [6.45, 7) is 4.30. The molecule has 0 spiro atoms. The van der Waals surface area contributed by atoms with Crippen LogP contribution in [0, 0.1) is 16.0 Å². The largest absolute Gasteiger partial charge is 0.341 e. The van der Waals surface area contributed by atoms with Crippen LogP contribution in [0.4, 0.5) is 5.69 Å². The van der Waals surface area contributed by atoms with Gasteiger partial charge in [-0.3, -0.25) is 14.9 Å². The maximum atomic E-state index is 12.8. The topological polar surface area (TPSA) is 68.4 Å². The standard InChI is InChI=1S/C23H25N3O3S/c1-17-10-12-24(13-11-17)23(27)15-25-14-22(20-4-2-3-5-21(20)25)30-16-18-6-8-19(9-7-18)26(28)29/h2-9,14,17H,10-13,15-16H2,1H3. The van der Waals surface area contributed by atoms with Gasteiger partial charge >= 0.3 is 0 Å². The van der Waals surface area contributed by atoms with Gasteiger partial charge < -0.3 is 9.47 Å². The van der Waals surface area contributed by atoms with Gasteiger partial charge in [0.1, 0.15) is 6.54 Å². The maximum absolute atomic E-state index is 12.8. The van der Waals surface area contributed by atoms with Crippen LogP contribution in [0.1, 0.15) is 25.3 Å². The summed E-state index contributed by atoms with van der Waals surface area (Å²) in [5.41, 5.74) is 2.19. The third-order valence-corrected chi connectivity index (χ3v) is 6.85. The summed E-state index contributed by atoms with van der Waals surface area (Å²) in [4.78, 5) is 26.4. The van der Waals surface area contributed by atoms with E-state index in [4.69, 9.17) is 0 Å². The molecule has 0 radical (unpaired) electrons. The van der Waals surface area contributed by atoms with Crippen LogP contribution < -0.4 is 0 Å². The van der Waals surface area contributed by atoms with Crippen LogP contribution in [0.15, 0.2) is 59.6 Å². The van der Waals surface area contributed by atoms with Gasteiger partial charge in [-0.2, -0.15) is 0 Å². The number of hydrogen-bond acceptors (Lipinski definition) is 4. The minimum Gasteiger partial charge on any atom is -0.341 e. The Labute approximate surface area is 180 Å². The number of para-hydroxylation sites is 1. The highest BCUT2D eigenvalue weighted by molar-refractivity contribution is 7.98. The Morgan fingerprint density at radius 3 is 2.53 bits per heavy atom. The number of nitrogens with zero attached hydrogens (tertiary/aromatic N) is 3. The molecule has 2 aromatic carbocycles. The van der Waals surface area contributed by atoms with E-state index in [1.165, 1.54) is 12.1 Å². The van der Waals surface area contributed by atoms with Crippen molar-refractivity contribution < 1.29 is 9.72 Å². The first-order valence-electron chi connectivity index (χ1n) is 10.2. The minimum absolute atomic E-state index is 0.103. The van der Waals surface area contributed by atoms with Gasteiger partial charge in [0.25, 0.3) is 5.69 Å². The molecule has 4 rings (SSSR count). The molecular formula is C23H25N3O3S. The zero-order valence-electron chi connectivity index (χ0n) is 17.0. The Morgan fingerprint density at radius 2 is 1.83 bits per heavy atom. The summed E-state index contributed by atoms with van der Waals surface area (Å²) in [6, 6.07) is 14.8. The Bertz CT molecular complexity index is 1050. The number of aromatic nitrogens is 1. The fourth-order valence-electron chi connectivity index (χ4n) is 3.84. The number of benzene rings is 2. The van der Waals surface area contributed by atoms with E-state index >= 15 is 0 Å². The smallest absolute Gasteiger partial charge is 0.269 e. The molecule has 0 N–H and O–H groups in total. The molecule has 7 heteroatoms. The van der Waals surface area contributed by atoms with Gasteiger partial charge in [0.15, 0.2) is 0 Å². The number of amides is 1. The molecule has 2 heterocycles. The normalized spacial score (nSPS) is 14.9. The second kappa shape index (κ2) is 8.92. The molecule has 156 valence electrons. The Hall–Kier alpha value is -2.80. The quantitative estimate of drug-likeness (QED) is 0.314. The predicted octanol–water partition coefficient (Wildman–Crippen LogP) is 5.10. The summed E-state index contributed by atoms with van der Waals surface area (Å²) < 4.78 is 2.05. The van der Waals surface area contributed by atoms with E-state index in [2.05, 4.69) is 25.3 Å². The van der Waals surface area contributed by atoms with Crippen molar-refractivity contribution in [2.24, 2.45) is 5.92 Å². The molecule has 1 amide bonds. The Morgan fingerprint density at radius 1 is 1.13 bits per heavy atom. The number of nitro benzene ring substituents is 1. The molecule has 0 saturated carbocycles. The molecule has 1 saturated heterocycles. The number of fused-ring (bicyclic) bond motifs is 1. The molecule has 1 aliphatic rings. The van der Waals surface area contributed by atoms with Gasteiger partial charge in [-0.1, -0.05) is 37.3 Å². The Kier molecular flexibility index (Phi) is 6.08. The number of rotatable bonds is 6. The molecular weight excluding hydrogens is 398 g/mol. The molecule has 6 nitrogen and oxygen atoms in total. The summed E-state index contributed by atoms with van der Waals surface area (Å²) in [5, 5.41) is 12.0. The average molecular weight is 424 g/mol. The Balaban J connectivity index is 1.49. The lowest BCUT2D eigenvalue weighted by Gasteiger charge is -2.30. The first-order valence-corrected chi connectivity index (χ1v) is 11.2. The number of thioether (sulfide) groups is 1. The third kappa shape index (κ3) is 4.51. The van der Waals surface area contributed by atoms with Crippen molar-refractivity contribution in [3.05, 3.63) is 70.4 Å². The lowest BCUT2D eigenvalue weighted by molar-refractivity contribution is -0.384. The van der Waals surface area contributed by atoms with Crippen molar-refractivity contribution in [1.29, 1.82) is 0 Å². The van der Waals surface area contributed by atoms with Gasteiger partial charge in [0, 0.05) is 53.0 Å². The highest BCUT2D eigenvalue weighted by Crippen LogP contribution is 2.32. The van der Waals surface area contributed by atoms with Crippen molar-refractivity contribution in [2.75, 3.05) is 13.1 Å². The maximum Gasteiger partial charge on any atom is 0.269 e. The molecule has 1 aliphatic heterocycles. The van der Waals surface area contributed by atoms with Crippen LogP contribution in [0.25, 0.3) is 10.9 Å². The van der Waals surface area contributed by atoms with Crippen LogP contribution in [0.5, 0.6) is 0 Å². The van der Waals surface area contributed by atoms with Crippen molar-refractivity contribution in [3.63, 3.8) is 0 Å². The van der Waals surface area contributed by atoms with Gasteiger partial charge in [-0.25, -0.2) is 0 Å². The first-order chi connectivity index (χ1) is 14.5. The monoisotopic (exact) mass is 423 g/mol. The van der Waals surface area contributed by atoms with Crippen LogP contribution in [-0.2, 0) is 17.1 Å². The molecule has 1 aromatic heterocycles. The lowest BCUT2D eigenvalue weighted by atomic mass is 9.99. The van der Waals surface area contributed by atoms with Gasteiger partial charge in [-0.05, 0) is 30.4 Å². The number of non-ortho nitro benzene ring substituents is 1. The van der Waals surface area contributed by atoms with E-state index in [1.54, 1.807) is 23.9 Å². The highest BCUT2D eigenvalue weighted by Gasteiger charge is 2.21. The summed E-state index contributed by atoms with van der Waals surface area (Å²) in [7, 11) is 0. The fraction of sp³-hybridized carbons (Fsp3) is 0.348. The van der Waals surface area contributed by atoms with E-state index < -0.39 is 0 Å². The van der Waals surface area contributed by atoms with E-state index in [-0.39, 0.29) is 16.5 Å². The minimum atomic E-state index is -0.384. The molecule has 1 fully saturated rings. The lowest BCUT2D eigenvalue weighted by Crippen LogP contribution is -2.39. The van der Waals surface area contributed by atoms with Crippen LogP contribution in [-0.4, -0.2) is 33.4 Å². The fourth-order valence-corrected chi connectivity index (χ4v) is 4.88. The summed E-state index contributed by atoms with van der Waals surface area (Å²) in [5.74, 6) is 1.59. The van der Waals surface area contributed by atoms with Crippen molar-refractivity contribution >= 4 is 34.3 Å². The van der Waals surface area contributed by atoms with E-state index in [9.17, 15) is 14.9 Å². The third-order valence-electron chi connectivity index (χ3n) is 5.74. The second-order valence-electron chi connectivity index (χ2n) is 7.91. The van der Waals surface area contributed by atoms with E-state index in [0.717, 1.165) is 47.3 Å². The van der Waals surface area contributed by atoms with Crippen LogP contribution in [0.3, 0.4) is 0 Å². The zero-order valence-corrected chi connectivity index (χ0v) is 17.8.